The van der Waals surface area contributed by atoms with Crippen molar-refractivity contribution in [3.05, 3.63) is 65.8 Å². The first-order valence-corrected chi connectivity index (χ1v) is 10.5. The van der Waals surface area contributed by atoms with E-state index < -0.39 is 0 Å². The van der Waals surface area contributed by atoms with Gasteiger partial charge in [-0.1, -0.05) is 68.7 Å². The highest BCUT2D eigenvalue weighted by atomic mass is 15.1. The summed E-state index contributed by atoms with van der Waals surface area (Å²) in [5.41, 5.74) is 12.0. The van der Waals surface area contributed by atoms with E-state index in [-0.39, 0.29) is 0 Å². The quantitative estimate of drug-likeness (QED) is 0.576. The Balaban J connectivity index is 0. The van der Waals surface area contributed by atoms with Crippen molar-refractivity contribution in [2.45, 2.75) is 67.2 Å². The molecule has 1 aliphatic carbocycles. The molecule has 27 heavy (non-hydrogen) atoms. The standard InChI is InChI=1S/C18H23N.2C2H6.C2H4.CH5N/c1-14-5-8-16(9-6-14)13-19-11-3-4-17-12-15(2)7-10-18(17)19;4*1-2/h5,7-8,10,12H,3-4,6,9,11,13H2,1-2H3;2*1-2H3;1-2H2;2H2,1H3. The van der Waals surface area contributed by atoms with Gasteiger partial charge in [0.15, 0.2) is 0 Å². The molecular weight excluding hydrogens is 328 g/mol. The van der Waals surface area contributed by atoms with Crippen LogP contribution in [-0.4, -0.2) is 20.1 Å². The molecule has 1 heterocycles. The Morgan fingerprint density at radius 2 is 1.56 bits per heavy atom. The zero-order valence-electron chi connectivity index (χ0n) is 19.1. The third-order valence-corrected chi connectivity index (χ3v) is 4.29. The maximum Gasteiger partial charge on any atom is 0.0401 e. The molecule has 2 heteroatoms. The van der Waals surface area contributed by atoms with Gasteiger partial charge in [0, 0.05) is 18.8 Å². The van der Waals surface area contributed by atoms with Gasteiger partial charge >= 0.3 is 0 Å². The molecule has 2 aliphatic rings. The fraction of sp³-hybridized carbons (Fsp3) is 0.520. The van der Waals surface area contributed by atoms with Crippen molar-refractivity contribution >= 4 is 5.69 Å². The Morgan fingerprint density at radius 3 is 2.11 bits per heavy atom. The summed E-state index contributed by atoms with van der Waals surface area (Å²) in [7, 11) is 1.50. The van der Waals surface area contributed by atoms with E-state index in [1.165, 1.54) is 61.7 Å². The molecule has 0 fully saturated rings. The van der Waals surface area contributed by atoms with E-state index in [4.69, 9.17) is 0 Å². The summed E-state index contributed by atoms with van der Waals surface area (Å²) in [6.07, 6.45) is 9.63. The predicted octanol–water partition coefficient (Wildman–Crippen LogP) is 6.84. The molecule has 0 spiro atoms. The molecule has 3 rings (SSSR count). The van der Waals surface area contributed by atoms with Crippen molar-refractivity contribution in [3.8, 4) is 0 Å². The van der Waals surface area contributed by atoms with Gasteiger partial charge in [-0.25, -0.2) is 0 Å². The number of allylic oxidation sites excluding steroid dienone is 3. The summed E-state index contributed by atoms with van der Waals surface area (Å²) in [4.78, 5) is 2.57. The van der Waals surface area contributed by atoms with Gasteiger partial charge in [-0.3, -0.25) is 0 Å². The maximum absolute atomic E-state index is 4.50. The molecule has 0 bridgehead atoms. The average molecular weight is 373 g/mol. The summed E-state index contributed by atoms with van der Waals surface area (Å²) in [6.45, 7) is 20.7. The topological polar surface area (TPSA) is 29.3 Å². The van der Waals surface area contributed by atoms with Crippen LogP contribution in [0.4, 0.5) is 5.69 Å². The normalized spacial score (nSPS) is 14.0. The number of fused-ring (bicyclic) bond motifs is 1. The summed E-state index contributed by atoms with van der Waals surface area (Å²) < 4.78 is 0. The Kier molecular flexibility index (Phi) is 17.9. The predicted molar refractivity (Wildman–Crippen MR) is 127 cm³/mol. The molecule has 0 atom stereocenters. The van der Waals surface area contributed by atoms with Crippen LogP contribution in [0, 0.1) is 6.92 Å². The smallest absolute Gasteiger partial charge is 0.0401 e. The number of rotatable bonds is 2. The van der Waals surface area contributed by atoms with Gasteiger partial charge in [-0.15, -0.1) is 13.2 Å². The minimum absolute atomic E-state index is 1.11. The molecule has 0 amide bonds. The molecular formula is C25H44N2. The summed E-state index contributed by atoms with van der Waals surface area (Å²) in [5.74, 6) is 0. The van der Waals surface area contributed by atoms with E-state index in [0.717, 1.165) is 6.54 Å². The lowest BCUT2D eigenvalue weighted by atomic mass is 9.96. The Bertz CT molecular complexity index is 555. The zero-order valence-corrected chi connectivity index (χ0v) is 19.1. The van der Waals surface area contributed by atoms with E-state index in [9.17, 15) is 0 Å². The number of aryl methyl sites for hydroxylation is 2. The highest BCUT2D eigenvalue weighted by molar-refractivity contribution is 5.57. The fourth-order valence-corrected chi connectivity index (χ4v) is 3.13. The van der Waals surface area contributed by atoms with Crippen LogP contribution in [-0.2, 0) is 6.42 Å². The SMILES string of the molecule is C=C.CC.CC.CC1=CC=C(CN2CCCc3cc(C)ccc32)CC1.CN. The molecule has 0 aromatic heterocycles. The van der Waals surface area contributed by atoms with Crippen molar-refractivity contribution in [2.24, 2.45) is 5.73 Å². The monoisotopic (exact) mass is 372 g/mol. The van der Waals surface area contributed by atoms with E-state index in [1.54, 1.807) is 5.57 Å². The molecule has 1 aliphatic heterocycles. The molecule has 0 unspecified atom stereocenters. The van der Waals surface area contributed by atoms with E-state index in [1.807, 2.05) is 27.7 Å². The number of benzene rings is 1. The first-order chi connectivity index (χ1) is 13.2. The lowest BCUT2D eigenvalue weighted by Gasteiger charge is -2.33. The van der Waals surface area contributed by atoms with Crippen LogP contribution in [0.25, 0.3) is 0 Å². The Labute approximate surface area is 169 Å². The Hall–Kier alpha value is -1.80. The van der Waals surface area contributed by atoms with Crippen LogP contribution >= 0.6 is 0 Å². The minimum Gasteiger partial charge on any atom is -0.367 e. The van der Waals surface area contributed by atoms with Crippen LogP contribution < -0.4 is 10.6 Å². The van der Waals surface area contributed by atoms with Gasteiger partial charge in [0.1, 0.15) is 0 Å². The maximum atomic E-state index is 4.50. The molecule has 2 nitrogen and oxygen atoms in total. The van der Waals surface area contributed by atoms with Gasteiger partial charge in [0.25, 0.3) is 0 Å². The fourth-order valence-electron chi connectivity index (χ4n) is 3.13. The first-order valence-electron chi connectivity index (χ1n) is 10.5. The average Bonchev–Trinajstić information content (AvgIpc) is 2.75. The van der Waals surface area contributed by atoms with Gasteiger partial charge in [0.05, 0.1) is 0 Å². The molecule has 0 radical (unpaired) electrons. The second kappa shape index (κ2) is 17.6. The lowest BCUT2D eigenvalue weighted by molar-refractivity contribution is 0.700. The lowest BCUT2D eigenvalue weighted by Crippen LogP contribution is -2.31. The largest absolute Gasteiger partial charge is 0.367 e. The van der Waals surface area contributed by atoms with Crippen LogP contribution in [0.15, 0.2) is 54.7 Å². The van der Waals surface area contributed by atoms with Crippen LogP contribution in [0.1, 0.15) is 65.0 Å². The van der Waals surface area contributed by atoms with Crippen molar-refractivity contribution in [2.75, 3.05) is 25.0 Å². The second-order valence-corrected chi connectivity index (χ2v) is 6.00. The van der Waals surface area contributed by atoms with Crippen LogP contribution in [0.5, 0.6) is 0 Å². The minimum atomic E-state index is 1.11. The van der Waals surface area contributed by atoms with Crippen molar-refractivity contribution in [1.29, 1.82) is 0 Å². The molecule has 1 aromatic rings. The summed E-state index contributed by atoms with van der Waals surface area (Å²) >= 11 is 0. The van der Waals surface area contributed by atoms with Gasteiger partial charge in [-0.05, 0) is 58.2 Å². The van der Waals surface area contributed by atoms with Gasteiger partial charge in [-0.2, -0.15) is 0 Å². The van der Waals surface area contributed by atoms with Crippen molar-refractivity contribution in [1.82, 2.24) is 0 Å². The zero-order chi connectivity index (χ0) is 21.2. The number of hydrogen-bond acceptors (Lipinski definition) is 2. The summed E-state index contributed by atoms with van der Waals surface area (Å²) in [6, 6.07) is 6.92. The van der Waals surface area contributed by atoms with E-state index in [2.05, 4.69) is 68.0 Å². The highest BCUT2D eigenvalue weighted by Crippen LogP contribution is 2.29. The first kappa shape index (κ1) is 27.4. The number of anilines is 1. The summed E-state index contributed by atoms with van der Waals surface area (Å²) in [5, 5.41) is 0. The van der Waals surface area contributed by atoms with Crippen LogP contribution in [0.3, 0.4) is 0 Å². The van der Waals surface area contributed by atoms with Crippen molar-refractivity contribution in [3.63, 3.8) is 0 Å². The molecule has 2 N–H and O–H groups in total. The second-order valence-electron chi connectivity index (χ2n) is 6.00. The van der Waals surface area contributed by atoms with E-state index >= 15 is 0 Å². The van der Waals surface area contributed by atoms with Gasteiger partial charge < -0.3 is 10.6 Å². The van der Waals surface area contributed by atoms with Gasteiger partial charge in [0.2, 0.25) is 0 Å². The van der Waals surface area contributed by atoms with Crippen LogP contribution in [0.2, 0.25) is 0 Å². The third-order valence-electron chi connectivity index (χ3n) is 4.29. The molecule has 0 saturated heterocycles. The number of nitrogens with two attached hydrogens (primary N) is 1. The van der Waals surface area contributed by atoms with Crippen molar-refractivity contribution < 1.29 is 0 Å². The highest BCUT2D eigenvalue weighted by Gasteiger charge is 2.18. The molecule has 154 valence electrons. The molecule has 1 aromatic carbocycles. The Morgan fingerprint density at radius 1 is 0.926 bits per heavy atom. The number of nitrogens with zero attached hydrogens (tertiary/aromatic N) is 1. The third kappa shape index (κ3) is 9.63. The number of hydrogen-bond donors (Lipinski definition) is 1. The molecule has 0 saturated carbocycles. The van der Waals surface area contributed by atoms with E-state index in [0.29, 0.717) is 0 Å².